The van der Waals surface area contributed by atoms with Crippen molar-refractivity contribution in [3.05, 3.63) is 250 Å². The summed E-state index contributed by atoms with van der Waals surface area (Å²) in [7, 11) is 1.96. The van der Waals surface area contributed by atoms with Gasteiger partial charge in [-0.05, 0) is 79.4 Å². The van der Waals surface area contributed by atoms with Gasteiger partial charge in [-0.25, -0.2) is 9.98 Å². The SMILES string of the molecule is CN1C(c2ccccc2)=NC(c2ccccc2)=NC1c1ccc2c(c1)-c1cc(-c3ccc4c(c3)C(c3ccccc3)(c3ccccc3)c3ccccc3-4)ccc1C2(F)F. The number of rotatable bonds is 6. The smallest absolute Gasteiger partial charge is 0.299 e. The van der Waals surface area contributed by atoms with Crippen molar-refractivity contribution in [1.82, 2.24) is 4.90 Å². The minimum Gasteiger partial charge on any atom is -0.333 e. The molecule has 0 spiro atoms. The van der Waals surface area contributed by atoms with Crippen LogP contribution in [-0.2, 0) is 11.3 Å². The van der Waals surface area contributed by atoms with Gasteiger partial charge in [-0.15, -0.1) is 0 Å². The normalized spacial score (nSPS) is 16.7. The Kier molecular flexibility index (Phi) is 7.96. The van der Waals surface area contributed by atoms with Crippen molar-refractivity contribution in [2.24, 2.45) is 9.98 Å². The van der Waals surface area contributed by atoms with Crippen molar-refractivity contribution in [3.63, 3.8) is 0 Å². The summed E-state index contributed by atoms with van der Waals surface area (Å²) < 4.78 is 32.9. The van der Waals surface area contributed by atoms with Crippen LogP contribution >= 0.6 is 0 Å². The highest BCUT2D eigenvalue weighted by molar-refractivity contribution is 6.13. The van der Waals surface area contributed by atoms with Gasteiger partial charge in [0, 0.05) is 29.3 Å². The van der Waals surface area contributed by atoms with E-state index in [0.717, 1.165) is 33.7 Å². The van der Waals surface area contributed by atoms with Crippen LogP contribution in [0.2, 0.25) is 0 Å². The first kappa shape index (κ1) is 35.0. The summed E-state index contributed by atoms with van der Waals surface area (Å²) in [4.78, 5) is 12.2. The Labute approximate surface area is 342 Å². The fourth-order valence-electron chi connectivity index (χ4n) is 9.61. The van der Waals surface area contributed by atoms with Gasteiger partial charge in [0.1, 0.15) is 5.84 Å². The Hall–Kier alpha value is -7.24. The number of benzene rings is 8. The molecule has 8 aromatic carbocycles. The van der Waals surface area contributed by atoms with Crippen LogP contribution in [0.5, 0.6) is 0 Å². The van der Waals surface area contributed by atoms with Crippen molar-refractivity contribution < 1.29 is 8.78 Å². The number of hydrogen-bond donors (Lipinski definition) is 0. The fourth-order valence-corrected chi connectivity index (χ4v) is 9.61. The largest absolute Gasteiger partial charge is 0.333 e. The van der Waals surface area contributed by atoms with Crippen LogP contribution in [0.3, 0.4) is 0 Å². The lowest BCUT2D eigenvalue weighted by Crippen LogP contribution is -2.35. The van der Waals surface area contributed by atoms with Crippen LogP contribution in [0, 0.1) is 0 Å². The molecule has 282 valence electrons. The van der Waals surface area contributed by atoms with Gasteiger partial charge in [-0.3, -0.25) is 0 Å². The predicted molar refractivity (Wildman–Crippen MR) is 234 cm³/mol. The summed E-state index contributed by atoms with van der Waals surface area (Å²) in [5.41, 5.74) is 12.1. The van der Waals surface area contributed by atoms with Gasteiger partial charge in [0.05, 0.1) is 5.41 Å². The van der Waals surface area contributed by atoms with Crippen LogP contribution in [0.1, 0.15) is 56.2 Å². The van der Waals surface area contributed by atoms with E-state index in [9.17, 15) is 0 Å². The maximum absolute atomic E-state index is 16.4. The van der Waals surface area contributed by atoms with Gasteiger partial charge in [-0.2, -0.15) is 8.78 Å². The van der Waals surface area contributed by atoms with Gasteiger partial charge in [-0.1, -0.05) is 182 Å². The van der Waals surface area contributed by atoms with Crippen LogP contribution in [0.25, 0.3) is 33.4 Å². The van der Waals surface area contributed by atoms with Crippen LogP contribution in [-0.4, -0.2) is 23.6 Å². The van der Waals surface area contributed by atoms with E-state index in [2.05, 4.69) is 103 Å². The number of fused-ring (bicyclic) bond motifs is 6. The third kappa shape index (κ3) is 5.31. The van der Waals surface area contributed by atoms with E-state index in [4.69, 9.17) is 9.98 Å². The molecule has 1 unspecified atom stereocenters. The topological polar surface area (TPSA) is 28.0 Å². The number of hydrogen-bond acceptors (Lipinski definition) is 3. The highest BCUT2D eigenvalue weighted by Gasteiger charge is 2.47. The molecule has 2 aliphatic carbocycles. The molecule has 0 fully saturated rings. The quantitative estimate of drug-likeness (QED) is 0.166. The predicted octanol–water partition coefficient (Wildman–Crippen LogP) is 12.7. The molecule has 3 aliphatic rings. The summed E-state index contributed by atoms with van der Waals surface area (Å²) in [6.07, 6.45) is -0.494. The molecule has 0 radical (unpaired) electrons. The summed E-state index contributed by atoms with van der Waals surface area (Å²) in [6, 6.07) is 67.3. The van der Waals surface area contributed by atoms with Crippen molar-refractivity contribution in [2.75, 3.05) is 7.05 Å². The van der Waals surface area contributed by atoms with Crippen LogP contribution in [0.4, 0.5) is 8.78 Å². The first-order chi connectivity index (χ1) is 28.9. The average Bonchev–Trinajstić information content (AvgIpc) is 3.72. The molecule has 3 nitrogen and oxygen atoms in total. The lowest BCUT2D eigenvalue weighted by Gasteiger charge is -2.34. The Morgan fingerprint density at radius 3 is 1.64 bits per heavy atom. The molecule has 8 aromatic rings. The maximum Gasteiger partial charge on any atom is 0.299 e. The second-order valence-electron chi connectivity index (χ2n) is 15.5. The van der Waals surface area contributed by atoms with E-state index >= 15 is 8.78 Å². The average molecular weight is 766 g/mol. The molecule has 0 aromatic heterocycles. The number of halogens is 2. The monoisotopic (exact) mass is 765 g/mol. The molecule has 0 bridgehead atoms. The number of aliphatic imine (C=N–C) groups is 2. The van der Waals surface area contributed by atoms with Crippen molar-refractivity contribution >= 4 is 11.7 Å². The molecule has 1 aliphatic heterocycles. The summed E-state index contributed by atoms with van der Waals surface area (Å²) in [5.74, 6) is -1.79. The lowest BCUT2D eigenvalue weighted by atomic mass is 9.67. The van der Waals surface area contributed by atoms with Crippen molar-refractivity contribution in [3.8, 4) is 33.4 Å². The minimum atomic E-state index is -3.15. The molecule has 59 heavy (non-hydrogen) atoms. The Balaban J connectivity index is 1.05. The molecule has 1 heterocycles. The van der Waals surface area contributed by atoms with Crippen LogP contribution < -0.4 is 0 Å². The van der Waals surface area contributed by atoms with Crippen LogP contribution in [0.15, 0.2) is 210 Å². The Morgan fingerprint density at radius 2 is 0.966 bits per heavy atom. The zero-order valence-electron chi connectivity index (χ0n) is 32.2. The molecule has 5 heteroatoms. The highest BCUT2D eigenvalue weighted by atomic mass is 19.3. The second kappa shape index (κ2) is 13.4. The summed E-state index contributed by atoms with van der Waals surface area (Å²) in [6.45, 7) is 0. The van der Waals surface area contributed by atoms with Gasteiger partial charge >= 0.3 is 0 Å². The zero-order chi connectivity index (χ0) is 39.7. The van der Waals surface area contributed by atoms with E-state index < -0.39 is 17.5 Å². The number of alkyl halides is 2. The van der Waals surface area contributed by atoms with Gasteiger partial charge < -0.3 is 4.90 Å². The van der Waals surface area contributed by atoms with Gasteiger partial charge in [0.25, 0.3) is 5.92 Å². The molecular formula is C54H37F2N3. The standard InChI is InChI=1S/C54H37F2N3/c1-59-51(36-18-8-3-9-19-36)57-50(35-16-6-2-7-17-35)58-52(59)39-28-31-48-45(33-39)44-32-37(27-30-47(44)54(48,55)56)38-26-29-43-42-24-14-15-25-46(42)53(49(43)34-38,40-20-10-4-11-21-40)41-22-12-5-13-23-41/h2-34,52H,1H3. The Morgan fingerprint density at radius 1 is 0.441 bits per heavy atom. The number of amidine groups is 2. The van der Waals surface area contributed by atoms with E-state index in [0.29, 0.717) is 17.0 Å². The fraction of sp³-hybridized carbons (Fsp3) is 0.0741. The molecule has 11 rings (SSSR count). The van der Waals surface area contributed by atoms with Gasteiger partial charge in [0.2, 0.25) is 0 Å². The third-order valence-electron chi connectivity index (χ3n) is 12.3. The molecule has 0 N–H and O–H groups in total. The molecule has 0 amide bonds. The third-order valence-corrected chi connectivity index (χ3v) is 12.3. The van der Waals surface area contributed by atoms with Crippen molar-refractivity contribution in [2.45, 2.75) is 17.5 Å². The van der Waals surface area contributed by atoms with E-state index in [1.165, 1.54) is 33.4 Å². The molecule has 0 saturated heterocycles. The number of nitrogens with zero attached hydrogens (tertiary/aromatic N) is 3. The molecular weight excluding hydrogens is 729 g/mol. The Bertz CT molecular complexity index is 2940. The first-order valence-electron chi connectivity index (χ1n) is 20.0. The summed E-state index contributed by atoms with van der Waals surface area (Å²) >= 11 is 0. The lowest BCUT2D eigenvalue weighted by molar-refractivity contribution is 0.0480. The van der Waals surface area contributed by atoms with Crippen molar-refractivity contribution in [1.29, 1.82) is 0 Å². The minimum absolute atomic E-state index is 0.00708. The van der Waals surface area contributed by atoms with E-state index in [1.54, 1.807) is 18.2 Å². The maximum atomic E-state index is 16.4. The second-order valence-corrected chi connectivity index (χ2v) is 15.5. The first-order valence-corrected chi connectivity index (χ1v) is 20.0. The van der Waals surface area contributed by atoms with E-state index in [1.807, 2.05) is 90.8 Å². The summed E-state index contributed by atoms with van der Waals surface area (Å²) in [5, 5.41) is 0. The highest BCUT2D eigenvalue weighted by Crippen LogP contribution is 2.57. The van der Waals surface area contributed by atoms with E-state index in [-0.39, 0.29) is 11.1 Å². The van der Waals surface area contributed by atoms with Gasteiger partial charge in [0.15, 0.2) is 12.0 Å². The zero-order valence-corrected chi connectivity index (χ0v) is 32.2. The molecule has 1 atom stereocenters. The molecule has 0 saturated carbocycles.